The van der Waals surface area contributed by atoms with E-state index >= 15 is 0 Å². The van der Waals surface area contributed by atoms with Crippen LogP contribution in [0.4, 0.5) is 10.5 Å². The van der Waals surface area contributed by atoms with Crippen molar-refractivity contribution in [2.75, 3.05) is 31.5 Å². The Kier molecular flexibility index (Phi) is 5.56. The highest BCUT2D eigenvalue weighted by Crippen LogP contribution is 2.25. The molecule has 126 valence electrons. The van der Waals surface area contributed by atoms with Crippen molar-refractivity contribution < 1.29 is 4.79 Å². The first kappa shape index (κ1) is 17.0. The summed E-state index contributed by atoms with van der Waals surface area (Å²) in [6.45, 7) is 3.89. The third-order valence-corrected chi connectivity index (χ3v) is 4.55. The molecule has 1 N–H and O–H groups in total. The quantitative estimate of drug-likeness (QED) is 0.902. The average Bonchev–Trinajstić information content (AvgIpc) is 2.60. The van der Waals surface area contributed by atoms with E-state index in [1.807, 2.05) is 12.1 Å². The maximum absolute atomic E-state index is 12.4. The maximum Gasteiger partial charge on any atom is 0.321 e. The Morgan fingerprint density at radius 1 is 1.08 bits per heavy atom. The maximum atomic E-state index is 12.4. The lowest BCUT2D eigenvalue weighted by atomic mass is 10.2. The highest BCUT2D eigenvalue weighted by atomic mass is 35.5. The molecule has 1 aromatic heterocycles. The van der Waals surface area contributed by atoms with Gasteiger partial charge in [-0.15, -0.1) is 0 Å². The molecule has 5 nitrogen and oxygen atoms in total. The number of anilines is 1. The number of aromatic nitrogens is 1. The lowest BCUT2D eigenvalue weighted by Gasteiger charge is -2.34. The van der Waals surface area contributed by atoms with Crippen molar-refractivity contribution in [1.82, 2.24) is 14.8 Å². The molecule has 7 heteroatoms. The molecule has 0 unspecified atom stereocenters. The number of carbonyl (C=O) groups excluding carboxylic acids is 1. The predicted octanol–water partition coefficient (Wildman–Crippen LogP) is 3.74. The van der Waals surface area contributed by atoms with Gasteiger partial charge < -0.3 is 10.2 Å². The van der Waals surface area contributed by atoms with Gasteiger partial charge in [0, 0.05) is 50.1 Å². The highest BCUT2D eigenvalue weighted by molar-refractivity contribution is 6.35. The monoisotopic (exact) mass is 364 g/mol. The first-order valence-electron chi connectivity index (χ1n) is 7.74. The first-order chi connectivity index (χ1) is 11.6. The lowest BCUT2D eigenvalue weighted by Crippen LogP contribution is -2.49. The van der Waals surface area contributed by atoms with Crippen molar-refractivity contribution in [3.05, 3.63) is 58.3 Å². The van der Waals surface area contributed by atoms with Crippen LogP contribution in [0, 0.1) is 0 Å². The zero-order chi connectivity index (χ0) is 16.9. The summed E-state index contributed by atoms with van der Waals surface area (Å²) < 4.78 is 0. The number of benzene rings is 1. The topological polar surface area (TPSA) is 48.5 Å². The van der Waals surface area contributed by atoms with Crippen molar-refractivity contribution in [2.45, 2.75) is 6.54 Å². The Hall–Kier alpha value is -1.82. The van der Waals surface area contributed by atoms with Crippen molar-refractivity contribution in [1.29, 1.82) is 0 Å². The number of amides is 2. The SMILES string of the molecule is O=C(Nc1cc(Cl)ccc1Cl)N1CCN(Cc2ccncc2)CC1. The summed E-state index contributed by atoms with van der Waals surface area (Å²) in [7, 11) is 0. The van der Waals surface area contributed by atoms with Gasteiger partial charge in [0.2, 0.25) is 0 Å². The molecule has 0 radical (unpaired) electrons. The number of hydrogen-bond donors (Lipinski definition) is 1. The Bertz CT molecular complexity index is 703. The fourth-order valence-electron chi connectivity index (χ4n) is 2.64. The van der Waals surface area contributed by atoms with Crippen LogP contribution in [0.3, 0.4) is 0 Å². The number of nitrogens with zero attached hydrogens (tertiary/aromatic N) is 3. The molecule has 2 amide bonds. The molecule has 2 heterocycles. The van der Waals surface area contributed by atoms with E-state index in [1.54, 1.807) is 35.5 Å². The van der Waals surface area contributed by atoms with Gasteiger partial charge in [0.25, 0.3) is 0 Å². The van der Waals surface area contributed by atoms with Crippen LogP contribution in [0.5, 0.6) is 0 Å². The zero-order valence-electron chi connectivity index (χ0n) is 13.1. The average molecular weight is 365 g/mol. The molecule has 3 rings (SSSR count). The van der Waals surface area contributed by atoms with E-state index in [2.05, 4.69) is 15.2 Å². The summed E-state index contributed by atoms with van der Waals surface area (Å²) in [5.41, 5.74) is 1.77. The fourth-order valence-corrected chi connectivity index (χ4v) is 2.98. The molecule has 1 aliphatic heterocycles. The smallest absolute Gasteiger partial charge is 0.321 e. The van der Waals surface area contributed by atoms with Crippen LogP contribution in [-0.4, -0.2) is 47.0 Å². The third-order valence-electron chi connectivity index (χ3n) is 3.99. The van der Waals surface area contributed by atoms with Gasteiger partial charge >= 0.3 is 6.03 Å². The van der Waals surface area contributed by atoms with Crippen LogP contribution >= 0.6 is 23.2 Å². The Balaban J connectivity index is 1.52. The Morgan fingerprint density at radius 3 is 2.50 bits per heavy atom. The number of nitrogens with one attached hydrogen (secondary N) is 1. The summed E-state index contributed by atoms with van der Waals surface area (Å²) in [6.07, 6.45) is 3.60. The molecule has 0 spiro atoms. The Morgan fingerprint density at radius 2 is 1.79 bits per heavy atom. The lowest BCUT2D eigenvalue weighted by molar-refractivity contribution is 0.143. The van der Waals surface area contributed by atoms with Crippen molar-refractivity contribution in [3.63, 3.8) is 0 Å². The molecular weight excluding hydrogens is 347 g/mol. The van der Waals surface area contributed by atoms with E-state index in [9.17, 15) is 4.79 Å². The van der Waals surface area contributed by atoms with Gasteiger partial charge in [-0.2, -0.15) is 0 Å². The van der Waals surface area contributed by atoms with E-state index in [-0.39, 0.29) is 6.03 Å². The summed E-state index contributed by atoms with van der Waals surface area (Å²) >= 11 is 12.0. The zero-order valence-corrected chi connectivity index (χ0v) is 14.6. The van der Waals surface area contributed by atoms with Gasteiger partial charge in [-0.3, -0.25) is 9.88 Å². The van der Waals surface area contributed by atoms with E-state index in [4.69, 9.17) is 23.2 Å². The van der Waals surface area contributed by atoms with Crippen molar-refractivity contribution in [3.8, 4) is 0 Å². The van der Waals surface area contributed by atoms with Gasteiger partial charge in [0.1, 0.15) is 0 Å². The minimum atomic E-state index is -0.150. The highest BCUT2D eigenvalue weighted by Gasteiger charge is 2.21. The second-order valence-corrected chi connectivity index (χ2v) is 6.52. The second-order valence-electron chi connectivity index (χ2n) is 5.67. The van der Waals surface area contributed by atoms with Crippen LogP contribution in [0.25, 0.3) is 0 Å². The van der Waals surface area contributed by atoms with Gasteiger partial charge in [-0.05, 0) is 35.9 Å². The Labute approximate surface area is 151 Å². The van der Waals surface area contributed by atoms with Crippen LogP contribution in [0.1, 0.15) is 5.56 Å². The van der Waals surface area contributed by atoms with Gasteiger partial charge in [0.05, 0.1) is 10.7 Å². The van der Waals surface area contributed by atoms with E-state index in [0.717, 1.165) is 19.6 Å². The largest absolute Gasteiger partial charge is 0.322 e. The molecule has 1 saturated heterocycles. The normalized spacial score (nSPS) is 15.3. The number of carbonyl (C=O) groups is 1. The molecule has 24 heavy (non-hydrogen) atoms. The van der Waals surface area contributed by atoms with Crippen LogP contribution < -0.4 is 5.32 Å². The number of rotatable bonds is 3. The molecule has 0 saturated carbocycles. The summed E-state index contributed by atoms with van der Waals surface area (Å²) in [4.78, 5) is 20.5. The number of piperazine rings is 1. The van der Waals surface area contributed by atoms with E-state index in [0.29, 0.717) is 28.8 Å². The fraction of sp³-hybridized carbons (Fsp3) is 0.294. The molecule has 2 aromatic rings. The van der Waals surface area contributed by atoms with Gasteiger partial charge in [-0.1, -0.05) is 23.2 Å². The van der Waals surface area contributed by atoms with Gasteiger partial charge in [-0.25, -0.2) is 4.79 Å². The molecule has 0 aliphatic carbocycles. The minimum Gasteiger partial charge on any atom is -0.322 e. The molecule has 1 aliphatic rings. The molecule has 1 fully saturated rings. The van der Waals surface area contributed by atoms with Crippen LogP contribution in [0.2, 0.25) is 10.0 Å². The molecule has 0 atom stereocenters. The molecule has 1 aromatic carbocycles. The minimum absolute atomic E-state index is 0.150. The van der Waals surface area contributed by atoms with E-state index in [1.165, 1.54) is 5.56 Å². The van der Waals surface area contributed by atoms with Crippen molar-refractivity contribution >= 4 is 34.9 Å². The summed E-state index contributed by atoms with van der Waals surface area (Å²) in [5, 5.41) is 3.84. The number of halogens is 2. The number of hydrogen-bond acceptors (Lipinski definition) is 3. The second kappa shape index (κ2) is 7.83. The molecular formula is C17H18Cl2N4O. The van der Waals surface area contributed by atoms with Crippen LogP contribution in [-0.2, 0) is 6.54 Å². The van der Waals surface area contributed by atoms with Crippen molar-refractivity contribution in [2.24, 2.45) is 0 Å². The van der Waals surface area contributed by atoms with Gasteiger partial charge in [0.15, 0.2) is 0 Å². The number of urea groups is 1. The molecule has 0 bridgehead atoms. The summed E-state index contributed by atoms with van der Waals surface area (Å²) in [5.74, 6) is 0. The third kappa shape index (κ3) is 4.38. The number of pyridine rings is 1. The standard InChI is InChI=1S/C17H18Cl2N4O/c18-14-1-2-15(19)16(11-14)21-17(24)23-9-7-22(8-10-23)12-13-3-5-20-6-4-13/h1-6,11H,7-10,12H2,(H,21,24). The van der Waals surface area contributed by atoms with Crippen LogP contribution in [0.15, 0.2) is 42.7 Å². The summed E-state index contributed by atoms with van der Waals surface area (Å²) in [6, 6.07) is 8.90. The first-order valence-corrected chi connectivity index (χ1v) is 8.49. The predicted molar refractivity (Wildman–Crippen MR) is 96.6 cm³/mol. The van der Waals surface area contributed by atoms with E-state index < -0.39 is 0 Å².